The number of hydrogen-bond donors (Lipinski definition) is 5. The Hall–Kier alpha value is 0.540. The molecule has 0 amide bonds. The smallest absolute Gasteiger partial charge is 0.0453 e. The van der Waals surface area contributed by atoms with Crippen LogP contribution < -0.4 is 0 Å². The average molecular weight is 464 g/mol. The zero-order valence-electron chi connectivity index (χ0n) is 19.1. The minimum Gasteiger partial charge on any atom is -0.396 e. The Balaban J connectivity index is -0.0000000476. The summed E-state index contributed by atoms with van der Waals surface area (Å²) in [5, 5.41) is 40.7. The van der Waals surface area contributed by atoms with Crippen molar-refractivity contribution in [1.29, 1.82) is 0 Å². The van der Waals surface area contributed by atoms with E-state index in [4.69, 9.17) is 25.5 Å². The maximum atomic E-state index is 8.14. The first-order valence-electron chi connectivity index (χ1n) is 9.40. The molecule has 165 valence electrons. The summed E-state index contributed by atoms with van der Waals surface area (Å²) in [6.07, 6.45) is 0. The molecule has 0 rings (SSSR count). The van der Waals surface area contributed by atoms with Crippen molar-refractivity contribution < 1.29 is 47.9 Å². The van der Waals surface area contributed by atoms with Crippen LogP contribution in [0.1, 0.15) is 69.2 Å². The molecular formula is C20H50NbO5. The van der Waals surface area contributed by atoms with Crippen LogP contribution in [0.15, 0.2) is 0 Å². The Bertz CT molecular complexity index is 141. The van der Waals surface area contributed by atoms with Gasteiger partial charge in [-0.1, -0.05) is 69.2 Å². The maximum Gasteiger partial charge on any atom is 0.0453 e. The quantitative estimate of drug-likeness (QED) is 0.403. The normalized spacial score (nSPS) is 9.23. The van der Waals surface area contributed by atoms with E-state index in [-0.39, 0.29) is 22.4 Å². The predicted octanol–water partition coefficient (Wildman–Crippen LogP) is 3.17. The molecule has 0 aliphatic carbocycles. The number of aliphatic hydroxyl groups is 5. The van der Waals surface area contributed by atoms with Gasteiger partial charge in [0, 0.05) is 55.4 Å². The second kappa shape index (κ2) is 36.5. The number of rotatable bonds is 5. The van der Waals surface area contributed by atoms with E-state index in [0.29, 0.717) is 62.6 Å². The van der Waals surface area contributed by atoms with Gasteiger partial charge in [0.1, 0.15) is 0 Å². The molecule has 0 saturated carbocycles. The maximum absolute atomic E-state index is 8.14. The Morgan fingerprint density at radius 2 is 0.385 bits per heavy atom. The second-order valence-electron chi connectivity index (χ2n) is 7.88. The summed E-state index contributed by atoms with van der Waals surface area (Å²) in [4.78, 5) is 0. The Kier molecular flexibility index (Phi) is 57.5. The molecular weight excluding hydrogens is 413 g/mol. The van der Waals surface area contributed by atoms with Gasteiger partial charge in [0.25, 0.3) is 0 Å². The van der Waals surface area contributed by atoms with E-state index in [0.717, 1.165) is 0 Å². The third-order valence-corrected chi connectivity index (χ3v) is 1.83. The molecule has 0 saturated heterocycles. The van der Waals surface area contributed by atoms with E-state index in [2.05, 4.69) is 0 Å². The van der Waals surface area contributed by atoms with Gasteiger partial charge in [-0.05, 0) is 29.6 Å². The van der Waals surface area contributed by atoms with Crippen molar-refractivity contribution in [1.82, 2.24) is 0 Å². The van der Waals surface area contributed by atoms with Gasteiger partial charge in [0.2, 0.25) is 0 Å². The van der Waals surface area contributed by atoms with Crippen molar-refractivity contribution in [2.24, 2.45) is 29.6 Å². The largest absolute Gasteiger partial charge is 0.396 e. The molecule has 1 radical (unpaired) electrons. The standard InChI is InChI=1S/5C4H10O.Nb/c5*1-4(2)3-5;/h5*4-5H,3H2,1-2H3;. The Labute approximate surface area is 179 Å². The molecule has 6 heteroatoms. The average Bonchev–Trinajstić information content (AvgIpc) is 2.56. The molecule has 26 heavy (non-hydrogen) atoms. The minimum atomic E-state index is 0. The summed E-state index contributed by atoms with van der Waals surface area (Å²) in [6, 6.07) is 0. The molecule has 5 N–H and O–H groups in total. The summed E-state index contributed by atoms with van der Waals surface area (Å²) in [5.41, 5.74) is 0. The fourth-order valence-electron chi connectivity index (χ4n) is 0. The summed E-state index contributed by atoms with van der Waals surface area (Å²) in [6.45, 7) is 21.2. The zero-order valence-corrected chi connectivity index (χ0v) is 21.3. The van der Waals surface area contributed by atoms with E-state index in [1.165, 1.54) is 0 Å². The van der Waals surface area contributed by atoms with Gasteiger partial charge in [0.05, 0.1) is 0 Å². The topological polar surface area (TPSA) is 101 Å². The van der Waals surface area contributed by atoms with E-state index >= 15 is 0 Å². The first-order valence-corrected chi connectivity index (χ1v) is 9.40. The van der Waals surface area contributed by atoms with Gasteiger partial charge in [0.15, 0.2) is 0 Å². The first-order chi connectivity index (χ1) is 11.4. The first kappa shape index (κ1) is 41.0. The van der Waals surface area contributed by atoms with E-state index in [1.54, 1.807) is 0 Å². The van der Waals surface area contributed by atoms with Crippen LogP contribution in [0.3, 0.4) is 0 Å². The molecule has 0 unspecified atom stereocenters. The van der Waals surface area contributed by atoms with Gasteiger partial charge in [-0.25, -0.2) is 0 Å². The van der Waals surface area contributed by atoms with Crippen LogP contribution in [0.4, 0.5) is 0 Å². The van der Waals surface area contributed by atoms with Crippen molar-refractivity contribution in [3.63, 3.8) is 0 Å². The monoisotopic (exact) mass is 463 g/mol. The van der Waals surface area contributed by atoms with Crippen LogP contribution in [0.25, 0.3) is 0 Å². The molecule has 0 atom stereocenters. The fourth-order valence-corrected chi connectivity index (χ4v) is 0. The van der Waals surface area contributed by atoms with E-state index in [9.17, 15) is 0 Å². The van der Waals surface area contributed by atoms with Crippen molar-refractivity contribution in [2.75, 3.05) is 33.0 Å². The third kappa shape index (κ3) is 122. The third-order valence-electron chi connectivity index (χ3n) is 1.83. The SMILES string of the molecule is CC(C)CO.CC(C)CO.CC(C)CO.CC(C)CO.CC(C)CO.[Nb]. The van der Waals surface area contributed by atoms with Crippen LogP contribution in [0, 0.1) is 29.6 Å². The predicted molar refractivity (Wildman–Crippen MR) is 110 cm³/mol. The molecule has 0 aromatic heterocycles. The van der Waals surface area contributed by atoms with Gasteiger partial charge in [-0.2, -0.15) is 0 Å². The Morgan fingerprint density at radius 1 is 0.346 bits per heavy atom. The second-order valence-corrected chi connectivity index (χ2v) is 7.88. The zero-order chi connectivity index (χ0) is 21.4. The van der Waals surface area contributed by atoms with Gasteiger partial charge in [-0.3, -0.25) is 0 Å². The number of hydrogen-bond acceptors (Lipinski definition) is 5. The minimum absolute atomic E-state index is 0. The molecule has 0 heterocycles. The van der Waals surface area contributed by atoms with Crippen molar-refractivity contribution in [3.05, 3.63) is 0 Å². The van der Waals surface area contributed by atoms with Crippen molar-refractivity contribution >= 4 is 0 Å². The molecule has 0 aromatic carbocycles. The van der Waals surface area contributed by atoms with Gasteiger partial charge >= 0.3 is 0 Å². The van der Waals surface area contributed by atoms with Crippen LogP contribution >= 0.6 is 0 Å². The number of aliphatic hydroxyl groups excluding tert-OH is 5. The molecule has 0 spiro atoms. The van der Waals surface area contributed by atoms with Crippen LogP contribution in [0.2, 0.25) is 0 Å². The molecule has 0 aromatic rings. The van der Waals surface area contributed by atoms with E-state index in [1.807, 2.05) is 69.2 Å². The molecule has 0 fully saturated rings. The molecule has 0 aliphatic rings. The summed E-state index contributed by atoms with van der Waals surface area (Å²) in [5.74, 6) is 2.20. The van der Waals surface area contributed by atoms with Crippen LogP contribution in [0.5, 0.6) is 0 Å². The van der Waals surface area contributed by atoms with Crippen molar-refractivity contribution in [2.45, 2.75) is 69.2 Å². The summed E-state index contributed by atoms with van der Waals surface area (Å²) in [7, 11) is 0. The molecule has 5 nitrogen and oxygen atoms in total. The van der Waals surface area contributed by atoms with Crippen molar-refractivity contribution in [3.8, 4) is 0 Å². The summed E-state index contributed by atoms with van der Waals surface area (Å²) < 4.78 is 0. The van der Waals surface area contributed by atoms with Gasteiger partial charge < -0.3 is 25.5 Å². The van der Waals surface area contributed by atoms with Crippen LogP contribution in [-0.2, 0) is 22.4 Å². The van der Waals surface area contributed by atoms with Gasteiger partial charge in [-0.15, -0.1) is 0 Å². The summed E-state index contributed by atoms with van der Waals surface area (Å²) >= 11 is 0. The van der Waals surface area contributed by atoms with E-state index < -0.39 is 0 Å². The van der Waals surface area contributed by atoms with Crippen LogP contribution in [-0.4, -0.2) is 58.6 Å². The molecule has 0 bridgehead atoms. The fraction of sp³-hybridized carbons (Fsp3) is 1.00. The molecule has 0 aliphatic heterocycles. The Morgan fingerprint density at radius 3 is 0.385 bits per heavy atom.